The van der Waals surface area contributed by atoms with Crippen molar-refractivity contribution in [3.63, 3.8) is 0 Å². The van der Waals surface area contributed by atoms with Crippen LogP contribution in [0.2, 0.25) is 0 Å². The number of unbranched alkanes of at least 4 members (excludes halogenated alkanes) is 2. The Morgan fingerprint density at radius 2 is 1.33 bits per heavy atom. The maximum atomic E-state index is 13.3. The van der Waals surface area contributed by atoms with Crippen molar-refractivity contribution in [1.29, 1.82) is 0 Å². The summed E-state index contributed by atoms with van der Waals surface area (Å²) in [6.07, 6.45) is 4.51. The van der Waals surface area contributed by atoms with Crippen LogP contribution in [0.1, 0.15) is 68.6 Å². The number of nitrogens with zero attached hydrogens (tertiary/aromatic N) is 1. The maximum Gasteiger partial charge on any atom is 0.315 e. The minimum Gasteiger partial charge on any atom is -0.379 e. The summed E-state index contributed by atoms with van der Waals surface area (Å²) in [4.78, 5) is 50.6. The van der Waals surface area contributed by atoms with Gasteiger partial charge in [0, 0.05) is 49.5 Å². The molecule has 2 heterocycles. The first kappa shape index (κ1) is 40.3. The van der Waals surface area contributed by atoms with Crippen LogP contribution >= 0.6 is 0 Å². The van der Waals surface area contributed by atoms with E-state index in [4.69, 9.17) is 18.9 Å². The Balaban J connectivity index is 0.909. The third-order valence-corrected chi connectivity index (χ3v) is 8.69. The molecule has 0 bridgehead atoms. The number of ether oxygens (including phenoxy) is 4. The summed E-state index contributed by atoms with van der Waals surface area (Å²) < 4.78 is 22.0. The summed E-state index contributed by atoms with van der Waals surface area (Å²) in [6.45, 7) is 6.22. The molecule has 2 aliphatic rings. The number of hydrogen-bond acceptors (Lipinski definition) is 8. The van der Waals surface area contributed by atoms with Crippen LogP contribution in [0, 0.1) is 11.8 Å². The number of urea groups is 1. The van der Waals surface area contributed by atoms with E-state index in [1.807, 2.05) is 55.5 Å². The number of rotatable bonds is 24. The first-order valence-corrected chi connectivity index (χ1v) is 18.3. The summed E-state index contributed by atoms with van der Waals surface area (Å²) in [5.74, 6) is 6.16. The highest BCUT2D eigenvalue weighted by atomic mass is 16.6. The lowest BCUT2D eigenvalue weighted by atomic mass is 10.0. The summed E-state index contributed by atoms with van der Waals surface area (Å²) in [5, 5.41) is 11.4. The maximum absolute atomic E-state index is 13.3. The number of benzene rings is 2. The SMILES string of the molecule is CC1NC(=O)NC1CCCCCC(=O)NCCOCCOCCOCCOCCC(=O)NCCC(=O)N1Cc2ccccc2C#Cc2ccccc21. The Labute approximate surface area is 306 Å². The molecule has 282 valence electrons. The Kier molecular flexibility index (Phi) is 17.9. The van der Waals surface area contributed by atoms with Crippen LogP contribution in [-0.2, 0) is 39.9 Å². The zero-order valence-corrected chi connectivity index (χ0v) is 30.2. The zero-order chi connectivity index (χ0) is 36.8. The van der Waals surface area contributed by atoms with Gasteiger partial charge in [0.05, 0.1) is 71.1 Å². The van der Waals surface area contributed by atoms with E-state index in [9.17, 15) is 19.2 Å². The van der Waals surface area contributed by atoms with Gasteiger partial charge in [0.15, 0.2) is 0 Å². The van der Waals surface area contributed by atoms with Crippen molar-refractivity contribution < 1.29 is 38.1 Å². The van der Waals surface area contributed by atoms with Crippen molar-refractivity contribution >= 4 is 29.4 Å². The smallest absolute Gasteiger partial charge is 0.315 e. The van der Waals surface area contributed by atoms with Crippen LogP contribution in [0.3, 0.4) is 0 Å². The number of anilines is 1. The highest BCUT2D eigenvalue weighted by Gasteiger charge is 2.27. The van der Waals surface area contributed by atoms with E-state index in [0.29, 0.717) is 65.8 Å². The molecule has 4 rings (SSSR count). The fraction of sp³-hybridized carbons (Fsp3) is 0.538. The molecule has 1 saturated heterocycles. The molecule has 0 saturated carbocycles. The molecule has 13 nitrogen and oxygen atoms in total. The fourth-order valence-electron chi connectivity index (χ4n) is 5.81. The number of para-hydroxylation sites is 1. The highest BCUT2D eigenvalue weighted by Crippen LogP contribution is 2.25. The van der Waals surface area contributed by atoms with Crippen molar-refractivity contribution in [2.75, 3.05) is 70.8 Å². The van der Waals surface area contributed by atoms with Crippen molar-refractivity contribution in [3.8, 4) is 11.8 Å². The monoisotopic (exact) mass is 719 g/mol. The van der Waals surface area contributed by atoms with Crippen LogP contribution < -0.4 is 26.2 Å². The van der Waals surface area contributed by atoms with Gasteiger partial charge in [-0.15, -0.1) is 0 Å². The topological polar surface area (TPSA) is 157 Å². The molecule has 5 amide bonds. The number of carbonyl (C=O) groups excluding carboxylic acids is 4. The molecule has 52 heavy (non-hydrogen) atoms. The van der Waals surface area contributed by atoms with E-state index in [0.717, 1.165) is 48.1 Å². The largest absolute Gasteiger partial charge is 0.379 e. The van der Waals surface area contributed by atoms with Crippen molar-refractivity contribution in [2.45, 2.75) is 70.5 Å². The van der Waals surface area contributed by atoms with Gasteiger partial charge in [-0.3, -0.25) is 14.4 Å². The second-order valence-electron chi connectivity index (χ2n) is 12.7. The molecule has 0 radical (unpaired) electrons. The van der Waals surface area contributed by atoms with Crippen LogP contribution in [0.25, 0.3) is 0 Å². The third-order valence-electron chi connectivity index (χ3n) is 8.69. The quantitative estimate of drug-likeness (QED) is 0.0954. The number of hydrogen-bond donors (Lipinski definition) is 4. The lowest BCUT2D eigenvalue weighted by Gasteiger charge is -2.26. The minimum absolute atomic E-state index is 0.0197. The predicted molar refractivity (Wildman–Crippen MR) is 197 cm³/mol. The molecule has 0 spiro atoms. The zero-order valence-electron chi connectivity index (χ0n) is 30.2. The molecule has 2 aliphatic heterocycles. The van der Waals surface area contributed by atoms with E-state index in [1.54, 1.807) is 4.90 Å². The summed E-state index contributed by atoms with van der Waals surface area (Å²) >= 11 is 0. The molecular weight excluding hydrogens is 666 g/mol. The number of amides is 5. The standard InChI is InChI=1S/C39H53N5O8/c1-30-34(43-39(48)42-30)12-3-2-4-14-36(45)41-20-22-50-24-26-52-28-27-51-25-23-49-21-18-37(46)40-19-17-38(47)44-29-33-11-6-5-9-31(33)15-16-32-10-7-8-13-35(32)44/h5-11,13,30,34H,2-4,12,14,17-29H2,1H3,(H,40,46)(H,41,45)(H2,42,43,48). The minimum atomic E-state index is -0.178. The lowest BCUT2D eigenvalue weighted by Crippen LogP contribution is -2.35. The van der Waals surface area contributed by atoms with Gasteiger partial charge >= 0.3 is 6.03 Å². The molecule has 1 fully saturated rings. The molecule has 2 unspecified atom stereocenters. The van der Waals surface area contributed by atoms with Gasteiger partial charge in [0.1, 0.15) is 0 Å². The second-order valence-corrected chi connectivity index (χ2v) is 12.7. The molecular formula is C39H53N5O8. The van der Waals surface area contributed by atoms with Gasteiger partial charge in [-0.1, -0.05) is 55.0 Å². The summed E-state index contributed by atoms with van der Waals surface area (Å²) in [7, 11) is 0. The average Bonchev–Trinajstić information content (AvgIpc) is 3.46. The molecule has 0 aromatic heterocycles. The van der Waals surface area contributed by atoms with E-state index < -0.39 is 0 Å². The van der Waals surface area contributed by atoms with Crippen LogP contribution in [0.5, 0.6) is 0 Å². The molecule has 2 atom stereocenters. The first-order chi connectivity index (χ1) is 25.4. The molecule has 4 N–H and O–H groups in total. The third kappa shape index (κ3) is 14.6. The molecule has 2 aromatic rings. The van der Waals surface area contributed by atoms with Crippen LogP contribution in [0.15, 0.2) is 48.5 Å². The van der Waals surface area contributed by atoms with Gasteiger partial charge in [-0.2, -0.15) is 0 Å². The number of fused-ring (bicyclic) bond motifs is 2. The van der Waals surface area contributed by atoms with Gasteiger partial charge in [-0.05, 0) is 43.5 Å². The van der Waals surface area contributed by atoms with E-state index in [-0.39, 0.29) is 61.8 Å². The van der Waals surface area contributed by atoms with Crippen LogP contribution in [0.4, 0.5) is 10.5 Å². The van der Waals surface area contributed by atoms with Gasteiger partial charge in [0.2, 0.25) is 17.7 Å². The Morgan fingerprint density at radius 3 is 2.06 bits per heavy atom. The predicted octanol–water partition coefficient (Wildman–Crippen LogP) is 3.03. The Hall–Kier alpha value is -4.48. The fourth-order valence-corrected chi connectivity index (χ4v) is 5.81. The average molecular weight is 720 g/mol. The number of carbonyl (C=O) groups is 4. The molecule has 0 aliphatic carbocycles. The summed E-state index contributed by atoms with van der Waals surface area (Å²) in [5.41, 5.74) is 3.45. The molecule has 13 heteroatoms. The Bertz CT molecular complexity index is 1510. The van der Waals surface area contributed by atoms with Crippen molar-refractivity contribution in [1.82, 2.24) is 21.3 Å². The van der Waals surface area contributed by atoms with Gasteiger partial charge in [0.25, 0.3) is 0 Å². The van der Waals surface area contributed by atoms with Crippen molar-refractivity contribution in [2.24, 2.45) is 0 Å². The van der Waals surface area contributed by atoms with E-state index in [2.05, 4.69) is 33.1 Å². The second kappa shape index (κ2) is 23.2. The van der Waals surface area contributed by atoms with Gasteiger partial charge in [-0.25, -0.2) is 4.79 Å². The highest BCUT2D eigenvalue weighted by molar-refractivity contribution is 5.95. The van der Waals surface area contributed by atoms with Crippen molar-refractivity contribution in [3.05, 3.63) is 65.2 Å². The van der Waals surface area contributed by atoms with E-state index >= 15 is 0 Å². The normalized spacial score (nSPS) is 15.9. The molecule has 2 aromatic carbocycles. The summed E-state index contributed by atoms with van der Waals surface area (Å²) in [6, 6.07) is 15.7. The lowest BCUT2D eigenvalue weighted by molar-refractivity contribution is -0.123. The van der Waals surface area contributed by atoms with E-state index in [1.165, 1.54) is 0 Å². The van der Waals surface area contributed by atoms with Gasteiger partial charge < -0.3 is 45.1 Å². The Morgan fingerprint density at radius 1 is 0.712 bits per heavy atom. The van der Waals surface area contributed by atoms with Crippen LogP contribution in [-0.4, -0.2) is 102 Å². The first-order valence-electron chi connectivity index (χ1n) is 18.3. The number of nitrogens with one attached hydrogen (secondary N) is 4.